The van der Waals surface area contributed by atoms with Crippen LogP contribution < -0.4 is 0 Å². The standard InChI is InChI=1S/C15H26N4O2/c1-12-6-17(7-13(2)21-12)10-15(20)11-18-8-14(9-18)19-5-3-4-16-19/h3-5,12-15,20H,6-11H2,1-2H3/t12-,13+,15-/m0/s1. The molecule has 1 N–H and O–H groups in total. The van der Waals surface area contributed by atoms with E-state index in [1.807, 2.05) is 23.1 Å². The van der Waals surface area contributed by atoms with Crippen LogP contribution in [-0.2, 0) is 4.74 Å². The molecule has 3 heterocycles. The second-order valence-corrected chi connectivity index (χ2v) is 6.49. The van der Waals surface area contributed by atoms with Gasteiger partial charge >= 0.3 is 0 Å². The molecule has 0 unspecified atom stereocenters. The Morgan fingerprint density at radius 1 is 1.14 bits per heavy atom. The van der Waals surface area contributed by atoms with Gasteiger partial charge in [-0.3, -0.25) is 14.5 Å². The van der Waals surface area contributed by atoms with E-state index in [1.54, 1.807) is 0 Å². The molecule has 3 atom stereocenters. The van der Waals surface area contributed by atoms with Crippen LogP contribution in [0.4, 0.5) is 0 Å². The highest BCUT2D eigenvalue weighted by molar-refractivity contribution is 4.90. The lowest BCUT2D eigenvalue weighted by Gasteiger charge is -2.41. The Bertz CT molecular complexity index is 423. The minimum Gasteiger partial charge on any atom is -0.390 e. The Labute approximate surface area is 126 Å². The van der Waals surface area contributed by atoms with Crippen LogP contribution in [0.15, 0.2) is 18.5 Å². The molecule has 2 fully saturated rings. The summed E-state index contributed by atoms with van der Waals surface area (Å²) in [4.78, 5) is 4.61. The van der Waals surface area contributed by atoms with E-state index in [-0.39, 0.29) is 18.3 Å². The summed E-state index contributed by atoms with van der Waals surface area (Å²) in [5.74, 6) is 0. The van der Waals surface area contributed by atoms with Crippen LogP contribution in [0.3, 0.4) is 0 Å². The maximum Gasteiger partial charge on any atom is 0.0793 e. The molecule has 6 heteroatoms. The smallest absolute Gasteiger partial charge is 0.0793 e. The van der Waals surface area contributed by atoms with E-state index in [2.05, 4.69) is 28.7 Å². The van der Waals surface area contributed by atoms with Crippen molar-refractivity contribution in [1.29, 1.82) is 0 Å². The van der Waals surface area contributed by atoms with E-state index >= 15 is 0 Å². The van der Waals surface area contributed by atoms with E-state index in [0.717, 1.165) is 39.3 Å². The lowest BCUT2D eigenvalue weighted by molar-refractivity contribution is -0.0798. The van der Waals surface area contributed by atoms with Crippen molar-refractivity contribution in [3.05, 3.63) is 18.5 Å². The monoisotopic (exact) mass is 294 g/mol. The molecule has 6 nitrogen and oxygen atoms in total. The molecular weight excluding hydrogens is 268 g/mol. The summed E-state index contributed by atoms with van der Waals surface area (Å²) < 4.78 is 7.73. The van der Waals surface area contributed by atoms with Crippen LogP contribution in [0.1, 0.15) is 19.9 Å². The van der Waals surface area contributed by atoms with Crippen molar-refractivity contribution in [2.75, 3.05) is 39.3 Å². The van der Waals surface area contributed by atoms with Crippen LogP contribution in [0, 0.1) is 0 Å². The summed E-state index contributed by atoms with van der Waals surface area (Å²) in [6.45, 7) is 9.47. The fraction of sp³-hybridized carbons (Fsp3) is 0.800. The highest BCUT2D eigenvalue weighted by atomic mass is 16.5. The van der Waals surface area contributed by atoms with Gasteiger partial charge in [-0.2, -0.15) is 5.10 Å². The molecule has 2 aliphatic rings. The Balaban J connectivity index is 1.38. The molecular formula is C15H26N4O2. The molecule has 3 rings (SSSR count). The Hall–Kier alpha value is -0.950. The van der Waals surface area contributed by atoms with E-state index in [1.165, 1.54) is 0 Å². The van der Waals surface area contributed by atoms with Gasteiger partial charge in [0.2, 0.25) is 0 Å². The molecule has 0 spiro atoms. The van der Waals surface area contributed by atoms with Crippen molar-refractivity contribution in [3.8, 4) is 0 Å². The van der Waals surface area contributed by atoms with E-state index < -0.39 is 0 Å². The zero-order valence-electron chi connectivity index (χ0n) is 12.9. The molecule has 0 aliphatic carbocycles. The number of β-amino-alcohol motifs (C(OH)–C–C–N with tert-alkyl or cyclic N) is 1. The summed E-state index contributed by atoms with van der Waals surface area (Å²) >= 11 is 0. The number of rotatable bonds is 5. The van der Waals surface area contributed by atoms with E-state index in [4.69, 9.17) is 4.74 Å². The molecule has 0 bridgehead atoms. The van der Waals surface area contributed by atoms with E-state index in [9.17, 15) is 5.11 Å². The van der Waals surface area contributed by atoms with Gasteiger partial charge in [0.15, 0.2) is 0 Å². The third-order valence-electron chi connectivity index (χ3n) is 4.27. The van der Waals surface area contributed by atoms with Crippen molar-refractivity contribution in [2.24, 2.45) is 0 Å². The first-order chi connectivity index (χ1) is 10.1. The SMILES string of the molecule is C[C@@H]1CN(C[C@H](O)CN2CC(n3cccn3)C2)C[C@H](C)O1. The minimum absolute atomic E-state index is 0.258. The maximum atomic E-state index is 10.3. The van der Waals surface area contributed by atoms with Gasteiger partial charge in [0.05, 0.1) is 24.4 Å². The number of aromatic nitrogens is 2. The summed E-state index contributed by atoms with van der Waals surface area (Å²) in [5, 5.41) is 14.5. The average molecular weight is 294 g/mol. The zero-order valence-corrected chi connectivity index (χ0v) is 12.9. The van der Waals surface area contributed by atoms with Crippen molar-refractivity contribution >= 4 is 0 Å². The third-order valence-corrected chi connectivity index (χ3v) is 4.27. The lowest BCUT2D eigenvalue weighted by atomic mass is 10.1. The number of ether oxygens (including phenoxy) is 1. The van der Waals surface area contributed by atoms with Crippen molar-refractivity contribution in [1.82, 2.24) is 19.6 Å². The summed E-state index contributed by atoms with van der Waals surface area (Å²) in [7, 11) is 0. The molecule has 118 valence electrons. The lowest BCUT2D eigenvalue weighted by Crippen LogP contribution is -2.54. The van der Waals surface area contributed by atoms with Crippen molar-refractivity contribution in [2.45, 2.75) is 38.2 Å². The van der Waals surface area contributed by atoms with Crippen LogP contribution in [0.5, 0.6) is 0 Å². The topological polar surface area (TPSA) is 53.8 Å². The number of aliphatic hydroxyl groups excluding tert-OH is 1. The first-order valence-corrected chi connectivity index (χ1v) is 7.87. The van der Waals surface area contributed by atoms with Crippen LogP contribution in [-0.4, -0.2) is 82.3 Å². The van der Waals surface area contributed by atoms with Gasteiger partial charge in [-0.05, 0) is 19.9 Å². The summed E-state index contributed by atoms with van der Waals surface area (Å²) in [6.07, 6.45) is 4.05. The molecule has 2 aliphatic heterocycles. The van der Waals surface area contributed by atoms with Gasteiger partial charge in [-0.25, -0.2) is 0 Å². The van der Waals surface area contributed by atoms with Crippen molar-refractivity contribution < 1.29 is 9.84 Å². The number of hydrogen-bond acceptors (Lipinski definition) is 5. The fourth-order valence-corrected chi connectivity index (χ4v) is 3.44. The van der Waals surface area contributed by atoms with Crippen LogP contribution in [0.25, 0.3) is 0 Å². The molecule has 21 heavy (non-hydrogen) atoms. The number of likely N-dealkylation sites (tertiary alicyclic amines) is 1. The van der Waals surface area contributed by atoms with Crippen LogP contribution >= 0.6 is 0 Å². The molecule has 0 amide bonds. The highest BCUT2D eigenvalue weighted by Crippen LogP contribution is 2.20. The number of aliphatic hydroxyl groups is 1. The maximum absolute atomic E-state index is 10.3. The first-order valence-electron chi connectivity index (χ1n) is 7.87. The molecule has 1 aromatic rings. The van der Waals surface area contributed by atoms with Gasteiger partial charge in [-0.15, -0.1) is 0 Å². The molecule has 0 aromatic carbocycles. The highest BCUT2D eigenvalue weighted by Gasteiger charge is 2.31. The second kappa shape index (κ2) is 6.44. The normalized spacial score (nSPS) is 30.2. The largest absolute Gasteiger partial charge is 0.390 e. The number of hydrogen-bond donors (Lipinski definition) is 1. The van der Waals surface area contributed by atoms with Crippen molar-refractivity contribution in [3.63, 3.8) is 0 Å². The summed E-state index contributed by atoms with van der Waals surface area (Å²) in [5.41, 5.74) is 0. The third kappa shape index (κ3) is 3.83. The Kier molecular flexibility index (Phi) is 4.59. The Morgan fingerprint density at radius 2 is 1.76 bits per heavy atom. The van der Waals surface area contributed by atoms with Crippen LogP contribution in [0.2, 0.25) is 0 Å². The van der Waals surface area contributed by atoms with Gasteiger partial charge < -0.3 is 9.84 Å². The number of nitrogens with zero attached hydrogens (tertiary/aromatic N) is 4. The average Bonchev–Trinajstić information content (AvgIpc) is 2.85. The quantitative estimate of drug-likeness (QED) is 0.841. The first kappa shape index (κ1) is 15.0. The predicted octanol–water partition coefficient (Wildman–Crippen LogP) is 0.210. The zero-order chi connectivity index (χ0) is 14.8. The molecule has 0 saturated carbocycles. The van der Waals surface area contributed by atoms with Gasteiger partial charge in [-0.1, -0.05) is 0 Å². The molecule has 2 saturated heterocycles. The second-order valence-electron chi connectivity index (χ2n) is 6.49. The molecule has 0 radical (unpaired) electrons. The van der Waals surface area contributed by atoms with Gasteiger partial charge in [0.1, 0.15) is 0 Å². The minimum atomic E-state index is -0.291. The summed E-state index contributed by atoms with van der Waals surface area (Å²) in [6, 6.07) is 2.42. The predicted molar refractivity (Wildman–Crippen MR) is 80.2 cm³/mol. The van der Waals surface area contributed by atoms with E-state index in [0.29, 0.717) is 6.04 Å². The Morgan fingerprint density at radius 3 is 2.33 bits per heavy atom. The van der Waals surface area contributed by atoms with Gasteiger partial charge in [0.25, 0.3) is 0 Å². The molecule has 1 aromatic heterocycles. The number of morpholine rings is 1. The van der Waals surface area contributed by atoms with Gasteiger partial charge in [0, 0.05) is 51.7 Å². The fourth-order valence-electron chi connectivity index (χ4n) is 3.44.